The summed E-state index contributed by atoms with van der Waals surface area (Å²) in [5, 5.41) is 11.1. The van der Waals surface area contributed by atoms with Gasteiger partial charge < -0.3 is 19.7 Å². The second-order valence-corrected chi connectivity index (χ2v) is 8.00. The van der Waals surface area contributed by atoms with Gasteiger partial charge in [-0.25, -0.2) is 4.79 Å². The van der Waals surface area contributed by atoms with Gasteiger partial charge in [0.1, 0.15) is 6.33 Å². The van der Waals surface area contributed by atoms with Crippen LogP contribution in [0.3, 0.4) is 0 Å². The van der Waals surface area contributed by atoms with Crippen LogP contribution in [-0.4, -0.2) is 55.6 Å². The largest absolute Gasteiger partial charge is 0.336 e. The van der Waals surface area contributed by atoms with Crippen molar-refractivity contribution in [2.45, 2.75) is 51.1 Å². The molecule has 1 N–H and O–H groups in total. The van der Waals surface area contributed by atoms with Crippen LogP contribution in [0.5, 0.6) is 0 Å². The molecule has 3 heterocycles. The molecular weight excluding hydrogens is 368 g/mol. The Morgan fingerprint density at radius 3 is 2.48 bits per heavy atom. The fraction of sp³-hybridized carbons (Fsp3) is 0.524. The summed E-state index contributed by atoms with van der Waals surface area (Å²) in [7, 11) is 1.89. The number of aromatic nitrogens is 3. The Balaban J connectivity index is 1.41. The van der Waals surface area contributed by atoms with Gasteiger partial charge >= 0.3 is 6.03 Å². The van der Waals surface area contributed by atoms with Gasteiger partial charge in [0.25, 0.3) is 5.91 Å². The standard InChI is InChI=1S/C21H28N6O2/c1-15-6-3-4-12-26(15)20(28)16-8-10-17(11-9-16)23-21(29)27-13-5-7-18(27)19-24-22-14-25(19)2/h8-11,14-15,18H,3-7,12-13H2,1-2H3,(H,23,29). The van der Waals surface area contributed by atoms with E-state index < -0.39 is 0 Å². The van der Waals surface area contributed by atoms with Gasteiger partial charge in [-0.15, -0.1) is 10.2 Å². The van der Waals surface area contributed by atoms with Gasteiger partial charge in [0, 0.05) is 37.4 Å². The van der Waals surface area contributed by atoms with Gasteiger partial charge in [-0.05, 0) is 63.3 Å². The van der Waals surface area contributed by atoms with Gasteiger partial charge in [0.05, 0.1) is 6.04 Å². The summed E-state index contributed by atoms with van der Waals surface area (Å²) >= 11 is 0. The normalized spacial score (nSPS) is 22.0. The smallest absolute Gasteiger partial charge is 0.322 e. The molecule has 0 spiro atoms. The topological polar surface area (TPSA) is 83.4 Å². The fourth-order valence-corrected chi connectivity index (χ4v) is 4.33. The lowest BCUT2D eigenvalue weighted by molar-refractivity contribution is 0.0635. The summed E-state index contributed by atoms with van der Waals surface area (Å²) in [4.78, 5) is 29.4. The van der Waals surface area contributed by atoms with E-state index in [0.29, 0.717) is 17.8 Å². The molecule has 29 heavy (non-hydrogen) atoms. The molecule has 0 aliphatic carbocycles. The van der Waals surface area contributed by atoms with Crippen LogP contribution < -0.4 is 5.32 Å². The number of urea groups is 1. The van der Waals surface area contributed by atoms with Gasteiger partial charge in [0.2, 0.25) is 0 Å². The van der Waals surface area contributed by atoms with Crippen LogP contribution in [0.25, 0.3) is 0 Å². The lowest BCUT2D eigenvalue weighted by Gasteiger charge is -2.33. The van der Waals surface area contributed by atoms with Crippen molar-refractivity contribution in [2.24, 2.45) is 7.05 Å². The van der Waals surface area contributed by atoms with Gasteiger partial charge in [0.15, 0.2) is 5.82 Å². The summed E-state index contributed by atoms with van der Waals surface area (Å²) in [6.45, 7) is 3.61. The van der Waals surface area contributed by atoms with Gasteiger partial charge in [-0.2, -0.15) is 0 Å². The van der Waals surface area contributed by atoms with E-state index in [1.54, 1.807) is 35.5 Å². The second kappa shape index (κ2) is 8.23. The molecule has 4 rings (SSSR count). The van der Waals surface area contributed by atoms with Crippen LogP contribution in [0.4, 0.5) is 10.5 Å². The Labute approximate surface area is 170 Å². The minimum Gasteiger partial charge on any atom is -0.336 e. The first-order valence-corrected chi connectivity index (χ1v) is 10.4. The van der Waals surface area contributed by atoms with Crippen molar-refractivity contribution in [3.8, 4) is 0 Å². The molecule has 0 bridgehead atoms. The number of rotatable bonds is 3. The molecule has 2 aliphatic heterocycles. The quantitative estimate of drug-likeness (QED) is 0.864. The highest BCUT2D eigenvalue weighted by atomic mass is 16.2. The first-order valence-electron chi connectivity index (χ1n) is 10.4. The van der Waals surface area contributed by atoms with Crippen LogP contribution in [0.2, 0.25) is 0 Å². The molecule has 1 aromatic heterocycles. The van der Waals surface area contributed by atoms with E-state index in [0.717, 1.165) is 38.1 Å². The zero-order valence-electron chi connectivity index (χ0n) is 17.0. The molecule has 154 valence electrons. The van der Waals surface area contributed by atoms with Crippen molar-refractivity contribution >= 4 is 17.6 Å². The third kappa shape index (κ3) is 3.97. The average molecular weight is 396 g/mol. The third-order valence-corrected chi connectivity index (χ3v) is 6.01. The molecule has 2 aliphatic rings. The van der Waals surface area contributed by atoms with Crippen molar-refractivity contribution in [3.05, 3.63) is 42.0 Å². The van der Waals surface area contributed by atoms with E-state index in [1.165, 1.54) is 6.42 Å². The number of benzene rings is 1. The molecule has 8 heteroatoms. The van der Waals surface area contributed by atoms with E-state index in [2.05, 4.69) is 22.4 Å². The number of nitrogens with one attached hydrogen (secondary N) is 1. The molecule has 8 nitrogen and oxygen atoms in total. The van der Waals surface area contributed by atoms with E-state index >= 15 is 0 Å². The number of aryl methyl sites for hydroxylation is 1. The number of likely N-dealkylation sites (tertiary alicyclic amines) is 2. The second-order valence-electron chi connectivity index (χ2n) is 8.00. The molecule has 2 unspecified atom stereocenters. The number of amides is 3. The SMILES string of the molecule is CC1CCCCN1C(=O)c1ccc(NC(=O)N2CCCC2c2nncn2C)cc1. The van der Waals surface area contributed by atoms with Crippen molar-refractivity contribution in [3.63, 3.8) is 0 Å². The van der Waals surface area contributed by atoms with Crippen LogP contribution in [0, 0.1) is 0 Å². The highest BCUT2D eigenvalue weighted by Gasteiger charge is 2.33. The monoisotopic (exact) mass is 396 g/mol. The molecule has 2 fully saturated rings. The lowest BCUT2D eigenvalue weighted by atomic mass is 10.0. The van der Waals surface area contributed by atoms with E-state index in [4.69, 9.17) is 0 Å². The number of nitrogens with zero attached hydrogens (tertiary/aromatic N) is 5. The number of piperidine rings is 1. The van der Waals surface area contributed by atoms with E-state index in [-0.39, 0.29) is 24.0 Å². The average Bonchev–Trinajstić information content (AvgIpc) is 3.37. The molecule has 0 radical (unpaired) electrons. The molecule has 2 aromatic rings. The summed E-state index contributed by atoms with van der Waals surface area (Å²) in [5.74, 6) is 0.867. The lowest BCUT2D eigenvalue weighted by Crippen LogP contribution is -2.42. The number of carbonyl (C=O) groups is 2. The van der Waals surface area contributed by atoms with Crippen LogP contribution in [0.1, 0.15) is 61.3 Å². The van der Waals surface area contributed by atoms with E-state index in [1.807, 2.05) is 16.5 Å². The summed E-state index contributed by atoms with van der Waals surface area (Å²) < 4.78 is 1.86. The van der Waals surface area contributed by atoms with Crippen molar-refractivity contribution in [1.82, 2.24) is 24.6 Å². The molecule has 2 atom stereocenters. The highest BCUT2D eigenvalue weighted by molar-refractivity contribution is 5.96. The number of carbonyl (C=O) groups excluding carboxylic acids is 2. The summed E-state index contributed by atoms with van der Waals surface area (Å²) in [5.41, 5.74) is 1.34. The Morgan fingerprint density at radius 2 is 1.79 bits per heavy atom. The molecule has 2 saturated heterocycles. The Morgan fingerprint density at radius 1 is 1.03 bits per heavy atom. The number of anilines is 1. The molecular formula is C21H28N6O2. The van der Waals surface area contributed by atoms with Crippen molar-refractivity contribution < 1.29 is 9.59 Å². The molecule has 3 amide bonds. The fourth-order valence-electron chi connectivity index (χ4n) is 4.33. The maximum absolute atomic E-state index is 12.8. The highest BCUT2D eigenvalue weighted by Crippen LogP contribution is 2.31. The Bertz CT molecular complexity index is 878. The maximum Gasteiger partial charge on any atom is 0.322 e. The minimum absolute atomic E-state index is 0.0658. The Kier molecular flexibility index (Phi) is 5.51. The van der Waals surface area contributed by atoms with Crippen molar-refractivity contribution in [2.75, 3.05) is 18.4 Å². The molecule has 0 saturated carbocycles. The Hall–Kier alpha value is -2.90. The van der Waals surface area contributed by atoms with E-state index in [9.17, 15) is 9.59 Å². The third-order valence-electron chi connectivity index (χ3n) is 6.01. The van der Waals surface area contributed by atoms with Crippen LogP contribution >= 0.6 is 0 Å². The minimum atomic E-state index is -0.153. The number of hydrogen-bond acceptors (Lipinski definition) is 4. The van der Waals surface area contributed by atoms with Gasteiger partial charge in [-0.1, -0.05) is 0 Å². The van der Waals surface area contributed by atoms with Crippen LogP contribution in [-0.2, 0) is 7.05 Å². The van der Waals surface area contributed by atoms with Crippen LogP contribution in [0.15, 0.2) is 30.6 Å². The van der Waals surface area contributed by atoms with Gasteiger partial charge in [-0.3, -0.25) is 4.79 Å². The zero-order valence-corrected chi connectivity index (χ0v) is 17.0. The number of hydrogen-bond donors (Lipinski definition) is 1. The zero-order chi connectivity index (χ0) is 20.4. The summed E-state index contributed by atoms with van der Waals surface area (Å²) in [6, 6.07) is 7.25. The molecule has 1 aromatic carbocycles. The van der Waals surface area contributed by atoms with Crippen molar-refractivity contribution in [1.29, 1.82) is 0 Å². The first-order chi connectivity index (χ1) is 14.0. The maximum atomic E-state index is 12.8. The predicted molar refractivity (Wildman–Crippen MR) is 109 cm³/mol. The predicted octanol–water partition coefficient (Wildman–Crippen LogP) is 3.20. The summed E-state index contributed by atoms with van der Waals surface area (Å²) in [6.07, 6.45) is 6.77. The first kappa shape index (κ1) is 19.4.